The van der Waals surface area contributed by atoms with Crippen LogP contribution in [0.2, 0.25) is 0 Å². The highest BCUT2D eigenvalue weighted by Crippen LogP contribution is 2.22. The number of aromatic nitrogens is 2. The highest BCUT2D eigenvalue weighted by atomic mass is 15.1. The lowest BCUT2D eigenvalue weighted by Crippen LogP contribution is -2.42. The minimum atomic E-state index is 0.482. The summed E-state index contributed by atoms with van der Waals surface area (Å²) in [7, 11) is 0. The van der Waals surface area contributed by atoms with E-state index in [4.69, 9.17) is 0 Å². The van der Waals surface area contributed by atoms with E-state index in [1.807, 2.05) is 12.4 Å². The van der Waals surface area contributed by atoms with Gasteiger partial charge in [-0.1, -0.05) is 6.92 Å². The van der Waals surface area contributed by atoms with Crippen molar-refractivity contribution < 1.29 is 0 Å². The Labute approximate surface area is 110 Å². The third-order valence-electron chi connectivity index (χ3n) is 3.74. The van der Waals surface area contributed by atoms with E-state index in [1.54, 1.807) is 6.33 Å². The SMILES string of the molecule is CCCN1CCCC(C(C)Nc2cncnc2)C1. The molecule has 1 aromatic rings. The molecule has 18 heavy (non-hydrogen) atoms. The van der Waals surface area contributed by atoms with Crippen molar-refractivity contribution in [3.8, 4) is 0 Å². The average molecular weight is 248 g/mol. The molecule has 1 saturated heterocycles. The van der Waals surface area contributed by atoms with E-state index in [0.717, 1.165) is 11.6 Å². The summed E-state index contributed by atoms with van der Waals surface area (Å²) in [6.07, 6.45) is 9.15. The van der Waals surface area contributed by atoms with Crippen molar-refractivity contribution in [2.75, 3.05) is 25.0 Å². The fourth-order valence-corrected chi connectivity index (χ4v) is 2.77. The number of likely N-dealkylation sites (tertiary alicyclic amines) is 1. The molecule has 2 unspecified atom stereocenters. The molecule has 1 aliphatic rings. The van der Waals surface area contributed by atoms with Gasteiger partial charge in [0.2, 0.25) is 0 Å². The third kappa shape index (κ3) is 3.67. The molecule has 2 rings (SSSR count). The number of hydrogen-bond acceptors (Lipinski definition) is 4. The molecule has 0 saturated carbocycles. The molecule has 0 aliphatic carbocycles. The van der Waals surface area contributed by atoms with Crippen LogP contribution in [-0.2, 0) is 0 Å². The smallest absolute Gasteiger partial charge is 0.115 e. The number of anilines is 1. The lowest BCUT2D eigenvalue weighted by molar-refractivity contribution is 0.165. The van der Waals surface area contributed by atoms with Crippen LogP contribution >= 0.6 is 0 Å². The van der Waals surface area contributed by atoms with Gasteiger partial charge in [0.05, 0.1) is 18.1 Å². The van der Waals surface area contributed by atoms with Gasteiger partial charge in [0.15, 0.2) is 0 Å². The molecule has 100 valence electrons. The van der Waals surface area contributed by atoms with Gasteiger partial charge >= 0.3 is 0 Å². The molecular weight excluding hydrogens is 224 g/mol. The van der Waals surface area contributed by atoms with E-state index in [1.165, 1.54) is 38.9 Å². The summed E-state index contributed by atoms with van der Waals surface area (Å²) in [6.45, 7) is 8.25. The molecule has 2 heterocycles. The summed E-state index contributed by atoms with van der Waals surface area (Å²) < 4.78 is 0. The molecule has 1 aromatic heterocycles. The van der Waals surface area contributed by atoms with Gasteiger partial charge in [0.1, 0.15) is 6.33 Å². The van der Waals surface area contributed by atoms with Crippen molar-refractivity contribution >= 4 is 5.69 Å². The molecule has 1 N–H and O–H groups in total. The average Bonchev–Trinajstić information content (AvgIpc) is 2.40. The van der Waals surface area contributed by atoms with Crippen LogP contribution in [0.4, 0.5) is 5.69 Å². The van der Waals surface area contributed by atoms with E-state index < -0.39 is 0 Å². The predicted octanol–water partition coefficient (Wildman–Crippen LogP) is 2.40. The van der Waals surface area contributed by atoms with Crippen molar-refractivity contribution in [3.05, 3.63) is 18.7 Å². The van der Waals surface area contributed by atoms with E-state index in [2.05, 4.69) is 34.0 Å². The van der Waals surface area contributed by atoms with E-state index in [9.17, 15) is 0 Å². The number of piperidine rings is 1. The number of nitrogens with one attached hydrogen (secondary N) is 1. The Balaban J connectivity index is 1.86. The minimum Gasteiger partial charge on any atom is -0.380 e. The summed E-state index contributed by atoms with van der Waals surface area (Å²) in [5.41, 5.74) is 1.03. The van der Waals surface area contributed by atoms with E-state index in [-0.39, 0.29) is 0 Å². The van der Waals surface area contributed by atoms with Gasteiger partial charge in [-0.3, -0.25) is 0 Å². The van der Waals surface area contributed by atoms with Crippen LogP contribution in [0.25, 0.3) is 0 Å². The molecule has 0 aromatic carbocycles. The van der Waals surface area contributed by atoms with Crippen LogP contribution in [-0.4, -0.2) is 40.5 Å². The summed E-state index contributed by atoms with van der Waals surface area (Å²) >= 11 is 0. The van der Waals surface area contributed by atoms with Crippen LogP contribution in [0, 0.1) is 5.92 Å². The topological polar surface area (TPSA) is 41.0 Å². The van der Waals surface area contributed by atoms with Crippen molar-refractivity contribution in [2.24, 2.45) is 5.92 Å². The molecule has 1 fully saturated rings. The largest absolute Gasteiger partial charge is 0.380 e. The second-order valence-electron chi connectivity index (χ2n) is 5.26. The van der Waals surface area contributed by atoms with Crippen LogP contribution in [0.15, 0.2) is 18.7 Å². The maximum atomic E-state index is 4.04. The van der Waals surface area contributed by atoms with Crippen molar-refractivity contribution in [1.82, 2.24) is 14.9 Å². The van der Waals surface area contributed by atoms with Gasteiger partial charge in [-0.25, -0.2) is 9.97 Å². The zero-order chi connectivity index (χ0) is 12.8. The Morgan fingerprint density at radius 2 is 2.22 bits per heavy atom. The Bertz CT molecular complexity index is 339. The molecular formula is C14H24N4. The normalized spacial score (nSPS) is 22.7. The standard InChI is InChI=1S/C14H24N4/c1-3-6-18-7-4-5-13(10-18)12(2)17-14-8-15-11-16-9-14/h8-9,11-13,17H,3-7,10H2,1-2H3. The molecule has 0 radical (unpaired) electrons. The Morgan fingerprint density at radius 3 is 2.94 bits per heavy atom. The van der Waals surface area contributed by atoms with Crippen LogP contribution in [0.5, 0.6) is 0 Å². The van der Waals surface area contributed by atoms with Crippen LogP contribution in [0.3, 0.4) is 0 Å². The Hall–Kier alpha value is -1.16. The molecule has 0 spiro atoms. The molecule has 4 heteroatoms. The highest BCUT2D eigenvalue weighted by molar-refractivity contribution is 5.38. The lowest BCUT2D eigenvalue weighted by atomic mass is 9.91. The first-order chi connectivity index (χ1) is 8.79. The first-order valence-electron chi connectivity index (χ1n) is 7.03. The molecule has 2 atom stereocenters. The van der Waals surface area contributed by atoms with Gasteiger partial charge in [-0.15, -0.1) is 0 Å². The van der Waals surface area contributed by atoms with E-state index >= 15 is 0 Å². The number of rotatable bonds is 5. The second-order valence-corrected chi connectivity index (χ2v) is 5.26. The van der Waals surface area contributed by atoms with Crippen molar-refractivity contribution in [2.45, 2.75) is 39.2 Å². The van der Waals surface area contributed by atoms with Gasteiger partial charge < -0.3 is 10.2 Å². The fourth-order valence-electron chi connectivity index (χ4n) is 2.77. The van der Waals surface area contributed by atoms with Crippen LogP contribution in [0.1, 0.15) is 33.1 Å². The molecule has 0 bridgehead atoms. The maximum Gasteiger partial charge on any atom is 0.115 e. The summed E-state index contributed by atoms with van der Waals surface area (Å²) in [6, 6.07) is 0.482. The number of hydrogen-bond donors (Lipinski definition) is 1. The Kier molecular flexibility index (Phi) is 4.93. The summed E-state index contributed by atoms with van der Waals surface area (Å²) in [4.78, 5) is 10.7. The van der Waals surface area contributed by atoms with Crippen LogP contribution < -0.4 is 5.32 Å². The highest BCUT2D eigenvalue weighted by Gasteiger charge is 2.24. The summed E-state index contributed by atoms with van der Waals surface area (Å²) in [5, 5.41) is 3.52. The first-order valence-corrected chi connectivity index (χ1v) is 7.03. The van der Waals surface area contributed by atoms with E-state index in [0.29, 0.717) is 6.04 Å². The fraction of sp³-hybridized carbons (Fsp3) is 0.714. The van der Waals surface area contributed by atoms with Gasteiger partial charge in [-0.2, -0.15) is 0 Å². The number of nitrogens with zero attached hydrogens (tertiary/aromatic N) is 3. The van der Waals surface area contributed by atoms with Gasteiger partial charge in [-0.05, 0) is 45.2 Å². The minimum absolute atomic E-state index is 0.482. The first kappa shape index (κ1) is 13.3. The Morgan fingerprint density at radius 1 is 1.44 bits per heavy atom. The van der Waals surface area contributed by atoms with Crippen molar-refractivity contribution in [1.29, 1.82) is 0 Å². The van der Waals surface area contributed by atoms with Gasteiger partial charge in [0, 0.05) is 12.6 Å². The molecule has 4 nitrogen and oxygen atoms in total. The summed E-state index contributed by atoms with van der Waals surface area (Å²) in [5.74, 6) is 0.727. The zero-order valence-electron chi connectivity index (χ0n) is 11.5. The van der Waals surface area contributed by atoms with Crippen molar-refractivity contribution in [3.63, 3.8) is 0 Å². The molecule has 1 aliphatic heterocycles. The third-order valence-corrected chi connectivity index (χ3v) is 3.74. The quantitative estimate of drug-likeness (QED) is 0.868. The lowest BCUT2D eigenvalue weighted by Gasteiger charge is -2.36. The molecule has 0 amide bonds. The van der Waals surface area contributed by atoms with Gasteiger partial charge in [0.25, 0.3) is 0 Å². The maximum absolute atomic E-state index is 4.04. The monoisotopic (exact) mass is 248 g/mol. The predicted molar refractivity (Wildman–Crippen MR) is 74.6 cm³/mol. The zero-order valence-corrected chi connectivity index (χ0v) is 11.5. The second kappa shape index (κ2) is 6.69.